The summed E-state index contributed by atoms with van der Waals surface area (Å²) < 4.78 is 0. The van der Waals surface area contributed by atoms with E-state index < -0.39 is 12.1 Å². The molecule has 0 aliphatic rings. The molecule has 0 unspecified atom stereocenters. The van der Waals surface area contributed by atoms with Crippen LogP contribution in [0.2, 0.25) is 0 Å². The zero-order valence-corrected chi connectivity index (χ0v) is 15.3. The standard InChI is InChI=1S/C18H28N4O3/c1-5-22(6-2)17(24)13-7-9-14(10-8-13)20-16(23)15(11-12(3)4)21-18(19)25/h7-10,12,15H,5-6,11H2,1-4H3,(H,20,23)(H3,19,21,25)/t15-/m1/s1. The summed E-state index contributed by atoms with van der Waals surface area (Å²) in [4.78, 5) is 37.4. The van der Waals surface area contributed by atoms with Gasteiger partial charge >= 0.3 is 6.03 Å². The molecule has 0 saturated heterocycles. The van der Waals surface area contributed by atoms with Gasteiger partial charge in [-0.1, -0.05) is 13.8 Å². The molecule has 138 valence electrons. The summed E-state index contributed by atoms with van der Waals surface area (Å²) >= 11 is 0. The summed E-state index contributed by atoms with van der Waals surface area (Å²) in [7, 11) is 0. The fourth-order valence-electron chi connectivity index (χ4n) is 2.49. The number of anilines is 1. The SMILES string of the molecule is CCN(CC)C(=O)c1ccc(NC(=O)[C@@H](CC(C)C)NC(N)=O)cc1. The summed E-state index contributed by atoms with van der Waals surface area (Å²) in [6, 6.07) is 5.26. The molecule has 4 amide bonds. The van der Waals surface area contributed by atoms with Crippen molar-refractivity contribution in [3.63, 3.8) is 0 Å². The molecule has 1 atom stereocenters. The lowest BCUT2D eigenvalue weighted by molar-refractivity contribution is -0.118. The number of carbonyl (C=O) groups is 3. The summed E-state index contributed by atoms with van der Waals surface area (Å²) in [5.41, 5.74) is 6.26. The molecule has 1 aromatic carbocycles. The lowest BCUT2D eigenvalue weighted by Crippen LogP contribution is -2.46. The second kappa shape index (κ2) is 9.66. The third-order valence-electron chi connectivity index (χ3n) is 3.79. The summed E-state index contributed by atoms with van der Waals surface area (Å²) in [6.45, 7) is 9.05. The first-order chi connectivity index (χ1) is 11.8. The van der Waals surface area contributed by atoms with Crippen molar-refractivity contribution in [2.75, 3.05) is 18.4 Å². The topological polar surface area (TPSA) is 105 Å². The van der Waals surface area contributed by atoms with Gasteiger partial charge in [-0.3, -0.25) is 9.59 Å². The number of nitrogens with zero attached hydrogens (tertiary/aromatic N) is 1. The van der Waals surface area contributed by atoms with Crippen molar-refractivity contribution in [1.29, 1.82) is 0 Å². The van der Waals surface area contributed by atoms with Gasteiger partial charge in [-0.2, -0.15) is 0 Å². The average Bonchev–Trinajstić information content (AvgIpc) is 2.55. The first-order valence-electron chi connectivity index (χ1n) is 8.54. The molecule has 0 heterocycles. The first kappa shape index (κ1) is 20.5. The Balaban J connectivity index is 2.80. The number of nitrogens with two attached hydrogens (primary N) is 1. The molecule has 7 nitrogen and oxygen atoms in total. The van der Waals surface area contributed by atoms with Crippen LogP contribution in [-0.4, -0.2) is 41.9 Å². The van der Waals surface area contributed by atoms with Crippen LogP contribution in [0.4, 0.5) is 10.5 Å². The number of nitrogens with one attached hydrogen (secondary N) is 2. The van der Waals surface area contributed by atoms with Gasteiger partial charge in [0.15, 0.2) is 0 Å². The number of urea groups is 1. The molecule has 0 aliphatic heterocycles. The van der Waals surface area contributed by atoms with E-state index in [-0.39, 0.29) is 17.7 Å². The van der Waals surface area contributed by atoms with Crippen molar-refractivity contribution >= 4 is 23.5 Å². The van der Waals surface area contributed by atoms with Gasteiger partial charge < -0.3 is 21.3 Å². The van der Waals surface area contributed by atoms with Crippen LogP contribution in [0.5, 0.6) is 0 Å². The van der Waals surface area contributed by atoms with Gasteiger partial charge in [0.05, 0.1) is 0 Å². The van der Waals surface area contributed by atoms with Crippen molar-refractivity contribution in [3.8, 4) is 0 Å². The third kappa shape index (κ3) is 6.45. The second-order valence-electron chi connectivity index (χ2n) is 6.23. The zero-order chi connectivity index (χ0) is 19.0. The molecule has 1 aromatic rings. The Labute approximate surface area is 148 Å². The summed E-state index contributed by atoms with van der Waals surface area (Å²) in [5, 5.41) is 5.20. The molecule has 0 saturated carbocycles. The maximum atomic E-state index is 12.3. The molecule has 0 fully saturated rings. The van der Waals surface area contributed by atoms with E-state index in [4.69, 9.17) is 5.73 Å². The molecular weight excluding hydrogens is 320 g/mol. The highest BCUT2D eigenvalue weighted by molar-refractivity contribution is 5.98. The highest BCUT2D eigenvalue weighted by Gasteiger charge is 2.21. The monoisotopic (exact) mass is 348 g/mol. The van der Waals surface area contributed by atoms with Crippen LogP contribution in [0, 0.1) is 5.92 Å². The fraction of sp³-hybridized carbons (Fsp3) is 0.500. The highest BCUT2D eigenvalue weighted by Crippen LogP contribution is 2.13. The van der Waals surface area contributed by atoms with E-state index in [1.807, 2.05) is 27.7 Å². The van der Waals surface area contributed by atoms with E-state index in [9.17, 15) is 14.4 Å². The molecule has 0 aromatic heterocycles. The van der Waals surface area contributed by atoms with E-state index in [1.54, 1.807) is 29.2 Å². The van der Waals surface area contributed by atoms with Crippen LogP contribution in [0.3, 0.4) is 0 Å². The normalized spacial score (nSPS) is 11.7. The Bertz CT molecular complexity index is 595. The lowest BCUT2D eigenvalue weighted by Gasteiger charge is -2.20. The molecule has 7 heteroatoms. The van der Waals surface area contributed by atoms with Crippen molar-refractivity contribution in [3.05, 3.63) is 29.8 Å². The predicted octanol–water partition coefficient (Wildman–Crippen LogP) is 2.19. The van der Waals surface area contributed by atoms with E-state index in [1.165, 1.54) is 0 Å². The van der Waals surface area contributed by atoms with Crippen LogP contribution in [-0.2, 0) is 4.79 Å². The number of carbonyl (C=O) groups excluding carboxylic acids is 3. The van der Waals surface area contributed by atoms with Crippen molar-refractivity contribution in [2.24, 2.45) is 11.7 Å². The number of primary amides is 1. The van der Waals surface area contributed by atoms with Gasteiger partial charge in [-0.15, -0.1) is 0 Å². The Morgan fingerprint density at radius 2 is 1.64 bits per heavy atom. The smallest absolute Gasteiger partial charge is 0.312 e. The second-order valence-corrected chi connectivity index (χ2v) is 6.23. The molecule has 25 heavy (non-hydrogen) atoms. The Morgan fingerprint density at radius 1 is 1.08 bits per heavy atom. The predicted molar refractivity (Wildman–Crippen MR) is 98.3 cm³/mol. The maximum absolute atomic E-state index is 12.3. The quantitative estimate of drug-likeness (QED) is 0.670. The maximum Gasteiger partial charge on any atom is 0.312 e. The van der Waals surface area contributed by atoms with E-state index in [2.05, 4.69) is 10.6 Å². The van der Waals surface area contributed by atoms with Crippen molar-refractivity contribution < 1.29 is 14.4 Å². The Hall–Kier alpha value is -2.57. The van der Waals surface area contributed by atoms with E-state index in [0.717, 1.165) is 0 Å². The molecule has 4 N–H and O–H groups in total. The molecular formula is C18H28N4O3. The Morgan fingerprint density at radius 3 is 2.08 bits per heavy atom. The summed E-state index contributed by atoms with van der Waals surface area (Å²) in [5.74, 6) is -0.164. The third-order valence-corrected chi connectivity index (χ3v) is 3.79. The largest absolute Gasteiger partial charge is 0.352 e. The van der Waals surface area contributed by atoms with E-state index >= 15 is 0 Å². The molecule has 0 radical (unpaired) electrons. The lowest BCUT2D eigenvalue weighted by atomic mass is 10.0. The minimum absolute atomic E-state index is 0.0454. The number of benzene rings is 1. The van der Waals surface area contributed by atoms with Gasteiger partial charge in [-0.05, 0) is 50.5 Å². The summed E-state index contributed by atoms with van der Waals surface area (Å²) in [6.07, 6.45) is 0.479. The van der Waals surface area contributed by atoms with Gasteiger partial charge in [-0.25, -0.2) is 4.79 Å². The van der Waals surface area contributed by atoms with Crippen LogP contribution in [0.1, 0.15) is 44.5 Å². The van der Waals surface area contributed by atoms with Crippen molar-refractivity contribution in [2.45, 2.75) is 40.2 Å². The molecule has 0 aliphatic carbocycles. The van der Waals surface area contributed by atoms with Crippen LogP contribution in [0.25, 0.3) is 0 Å². The molecule has 1 rings (SSSR count). The van der Waals surface area contributed by atoms with Gasteiger partial charge in [0.2, 0.25) is 5.91 Å². The average molecular weight is 348 g/mol. The van der Waals surface area contributed by atoms with Crippen molar-refractivity contribution in [1.82, 2.24) is 10.2 Å². The van der Waals surface area contributed by atoms with Crippen LogP contribution >= 0.6 is 0 Å². The number of amides is 4. The first-order valence-corrected chi connectivity index (χ1v) is 8.54. The van der Waals surface area contributed by atoms with E-state index in [0.29, 0.717) is 30.8 Å². The highest BCUT2D eigenvalue weighted by atomic mass is 16.2. The zero-order valence-electron chi connectivity index (χ0n) is 15.3. The van der Waals surface area contributed by atoms with Gasteiger partial charge in [0, 0.05) is 24.3 Å². The van der Waals surface area contributed by atoms with Crippen LogP contribution in [0.15, 0.2) is 24.3 Å². The number of rotatable bonds is 8. The Kier molecular flexibility index (Phi) is 7.91. The molecule has 0 bridgehead atoms. The molecule has 0 spiro atoms. The number of hydrogen-bond donors (Lipinski definition) is 3. The minimum atomic E-state index is -0.735. The van der Waals surface area contributed by atoms with Gasteiger partial charge in [0.1, 0.15) is 6.04 Å². The van der Waals surface area contributed by atoms with Crippen LogP contribution < -0.4 is 16.4 Å². The minimum Gasteiger partial charge on any atom is -0.352 e. The number of hydrogen-bond acceptors (Lipinski definition) is 3. The fourth-order valence-corrected chi connectivity index (χ4v) is 2.49. The van der Waals surface area contributed by atoms with Gasteiger partial charge in [0.25, 0.3) is 5.91 Å².